The maximum absolute atomic E-state index is 5.28. The lowest BCUT2D eigenvalue weighted by Gasteiger charge is -2.30. The van der Waals surface area contributed by atoms with Crippen molar-refractivity contribution in [3.8, 4) is 5.75 Å². The summed E-state index contributed by atoms with van der Waals surface area (Å²) in [6.45, 7) is 6.79. The number of hydrogen-bond donors (Lipinski definition) is 0. The molecule has 2 aromatic rings. The number of hydrogen-bond acceptors (Lipinski definition) is 3. The summed E-state index contributed by atoms with van der Waals surface area (Å²) in [6, 6.07) is 19.3. The van der Waals surface area contributed by atoms with Gasteiger partial charge in [-0.25, -0.2) is 0 Å². The molecule has 0 amide bonds. The summed E-state index contributed by atoms with van der Waals surface area (Å²) in [6.07, 6.45) is 4.12. The highest BCUT2D eigenvalue weighted by atomic mass is 16.5. The fourth-order valence-electron chi connectivity index (χ4n) is 3.51. The molecule has 3 heteroatoms. The van der Waals surface area contributed by atoms with Gasteiger partial charge in [0.15, 0.2) is 0 Å². The number of likely N-dealkylation sites (tertiary alicyclic amines) is 1. The summed E-state index contributed by atoms with van der Waals surface area (Å²) in [5.74, 6) is 0.923. The molecule has 0 atom stereocenters. The van der Waals surface area contributed by atoms with E-state index in [2.05, 4.69) is 64.4 Å². The Balaban J connectivity index is 1.62. The average molecular weight is 338 g/mol. The summed E-state index contributed by atoms with van der Waals surface area (Å²) in [4.78, 5) is 5.18. The molecule has 2 aromatic carbocycles. The Kier molecular flexibility index (Phi) is 6.89. The summed E-state index contributed by atoms with van der Waals surface area (Å²) < 4.78 is 5.28. The van der Waals surface area contributed by atoms with Gasteiger partial charge < -0.3 is 9.64 Å². The van der Waals surface area contributed by atoms with Crippen LogP contribution in [0.25, 0.3) is 0 Å². The van der Waals surface area contributed by atoms with Gasteiger partial charge in [0.2, 0.25) is 0 Å². The van der Waals surface area contributed by atoms with E-state index in [1.54, 1.807) is 7.11 Å². The predicted molar refractivity (Wildman–Crippen MR) is 104 cm³/mol. The van der Waals surface area contributed by atoms with E-state index < -0.39 is 0 Å². The Morgan fingerprint density at radius 1 is 0.840 bits per heavy atom. The first kappa shape index (κ1) is 18.0. The van der Waals surface area contributed by atoms with Crippen LogP contribution in [0.15, 0.2) is 54.6 Å². The zero-order valence-electron chi connectivity index (χ0n) is 15.4. The molecule has 3 nitrogen and oxygen atoms in total. The van der Waals surface area contributed by atoms with Crippen LogP contribution in [0.4, 0.5) is 0 Å². The third-order valence-electron chi connectivity index (χ3n) is 5.00. The minimum atomic E-state index is 0.923. The molecular formula is C22H30N2O. The van der Waals surface area contributed by atoms with Gasteiger partial charge in [-0.15, -0.1) is 0 Å². The quantitative estimate of drug-likeness (QED) is 0.718. The molecule has 0 aliphatic carbocycles. The molecular weight excluding hydrogens is 308 g/mol. The number of benzene rings is 2. The molecule has 25 heavy (non-hydrogen) atoms. The minimum absolute atomic E-state index is 0.923. The molecule has 0 bridgehead atoms. The van der Waals surface area contributed by atoms with Crippen LogP contribution in [0.5, 0.6) is 5.75 Å². The van der Waals surface area contributed by atoms with Gasteiger partial charge in [0.05, 0.1) is 7.11 Å². The van der Waals surface area contributed by atoms with Gasteiger partial charge in [0.1, 0.15) is 5.75 Å². The van der Waals surface area contributed by atoms with Gasteiger partial charge in [-0.2, -0.15) is 0 Å². The van der Waals surface area contributed by atoms with Crippen molar-refractivity contribution in [3.63, 3.8) is 0 Å². The van der Waals surface area contributed by atoms with Crippen LogP contribution >= 0.6 is 0 Å². The summed E-state index contributed by atoms with van der Waals surface area (Å²) >= 11 is 0. The first-order chi connectivity index (χ1) is 12.3. The SMILES string of the molecule is COc1ccc(CN(CCN2CCCCC2)Cc2ccccc2)cc1. The molecule has 1 heterocycles. The summed E-state index contributed by atoms with van der Waals surface area (Å²) in [5.41, 5.74) is 2.73. The van der Waals surface area contributed by atoms with Crippen molar-refractivity contribution in [2.45, 2.75) is 32.4 Å². The second kappa shape index (κ2) is 9.59. The lowest BCUT2D eigenvalue weighted by Crippen LogP contribution is -2.37. The van der Waals surface area contributed by atoms with E-state index in [9.17, 15) is 0 Å². The Morgan fingerprint density at radius 3 is 2.12 bits per heavy atom. The van der Waals surface area contributed by atoms with E-state index in [0.717, 1.165) is 25.4 Å². The second-order valence-corrected chi connectivity index (χ2v) is 6.95. The molecule has 0 aromatic heterocycles. The van der Waals surface area contributed by atoms with Crippen molar-refractivity contribution in [2.24, 2.45) is 0 Å². The summed E-state index contributed by atoms with van der Waals surface area (Å²) in [7, 11) is 1.72. The van der Waals surface area contributed by atoms with Gasteiger partial charge in [-0.3, -0.25) is 4.90 Å². The highest BCUT2D eigenvalue weighted by Crippen LogP contribution is 2.15. The molecule has 1 saturated heterocycles. The molecule has 3 rings (SSSR count). The Hall–Kier alpha value is -1.84. The van der Waals surface area contributed by atoms with Crippen LogP contribution in [0, 0.1) is 0 Å². The van der Waals surface area contributed by atoms with Gasteiger partial charge in [-0.1, -0.05) is 48.9 Å². The van der Waals surface area contributed by atoms with Crippen molar-refractivity contribution >= 4 is 0 Å². The zero-order valence-corrected chi connectivity index (χ0v) is 15.4. The van der Waals surface area contributed by atoms with Crippen molar-refractivity contribution in [1.29, 1.82) is 0 Å². The smallest absolute Gasteiger partial charge is 0.118 e. The van der Waals surface area contributed by atoms with Crippen LogP contribution in [0.3, 0.4) is 0 Å². The van der Waals surface area contributed by atoms with Gasteiger partial charge in [0.25, 0.3) is 0 Å². The maximum atomic E-state index is 5.28. The third-order valence-corrected chi connectivity index (χ3v) is 5.00. The Bertz CT molecular complexity index is 606. The number of ether oxygens (including phenoxy) is 1. The normalized spacial score (nSPS) is 15.4. The van der Waals surface area contributed by atoms with E-state index >= 15 is 0 Å². The monoisotopic (exact) mass is 338 g/mol. The minimum Gasteiger partial charge on any atom is -0.497 e. The van der Waals surface area contributed by atoms with Gasteiger partial charge >= 0.3 is 0 Å². The van der Waals surface area contributed by atoms with Crippen LogP contribution in [0.1, 0.15) is 30.4 Å². The lowest BCUT2D eigenvalue weighted by molar-refractivity contribution is 0.173. The first-order valence-corrected chi connectivity index (χ1v) is 9.45. The van der Waals surface area contributed by atoms with E-state index in [-0.39, 0.29) is 0 Å². The standard InChI is InChI=1S/C22H30N2O/c1-25-22-12-10-21(11-13-22)19-24(18-20-8-4-2-5-9-20)17-16-23-14-6-3-7-15-23/h2,4-5,8-13H,3,6-7,14-19H2,1H3. The van der Waals surface area contributed by atoms with Crippen LogP contribution < -0.4 is 4.74 Å². The predicted octanol–water partition coefficient (Wildman–Crippen LogP) is 4.18. The Morgan fingerprint density at radius 2 is 1.48 bits per heavy atom. The van der Waals surface area contributed by atoms with Crippen molar-refractivity contribution < 1.29 is 4.74 Å². The molecule has 1 aliphatic heterocycles. The molecule has 1 aliphatic rings. The fraction of sp³-hybridized carbons (Fsp3) is 0.455. The highest BCUT2D eigenvalue weighted by Gasteiger charge is 2.13. The lowest BCUT2D eigenvalue weighted by atomic mass is 10.1. The number of rotatable bonds is 8. The molecule has 1 fully saturated rings. The van der Waals surface area contributed by atoms with Crippen molar-refractivity contribution in [1.82, 2.24) is 9.80 Å². The van der Waals surface area contributed by atoms with E-state index in [0.29, 0.717) is 0 Å². The largest absolute Gasteiger partial charge is 0.497 e. The molecule has 0 saturated carbocycles. The van der Waals surface area contributed by atoms with E-state index in [1.807, 2.05) is 0 Å². The molecule has 134 valence electrons. The molecule has 0 spiro atoms. The fourth-order valence-corrected chi connectivity index (χ4v) is 3.51. The molecule has 0 N–H and O–H groups in total. The zero-order chi connectivity index (χ0) is 17.3. The van der Waals surface area contributed by atoms with Crippen LogP contribution in [0.2, 0.25) is 0 Å². The number of methoxy groups -OCH3 is 1. The van der Waals surface area contributed by atoms with Gasteiger partial charge in [-0.05, 0) is 49.2 Å². The highest BCUT2D eigenvalue weighted by molar-refractivity contribution is 5.27. The van der Waals surface area contributed by atoms with Gasteiger partial charge in [0, 0.05) is 26.2 Å². The van der Waals surface area contributed by atoms with Crippen LogP contribution in [-0.4, -0.2) is 43.1 Å². The molecule has 0 unspecified atom stereocenters. The van der Waals surface area contributed by atoms with Crippen molar-refractivity contribution in [3.05, 3.63) is 65.7 Å². The second-order valence-electron chi connectivity index (χ2n) is 6.95. The number of piperidine rings is 1. The van der Waals surface area contributed by atoms with Crippen LogP contribution in [-0.2, 0) is 13.1 Å². The third kappa shape index (κ3) is 5.87. The first-order valence-electron chi connectivity index (χ1n) is 9.45. The molecule has 0 radical (unpaired) electrons. The topological polar surface area (TPSA) is 15.7 Å². The number of nitrogens with zero attached hydrogens (tertiary/aromatic N) is 2. The maximum Gasteiger partial charge on any atom is 0.118 e. The summed E-state index contributed by atoms with van der Waals surface area (Å²) in [5, 5.41) is 0. The van der Waals surface area contributed by atoms with E-state index in [4.69, 9.17) is 4.74 Å². The Labute approximate surface area is 152 Å². The van der Waals surface area contributed by atoms with E-state index in [1.165, 1.54) is 50.0 Å². The van der Waals surface area contributed by atoms with Crippen molar-refractivity contribution in [2.75, 3.05) is 33.3 Å². The average Bonchev–Trinajstić information content (AvgIpc) is 2.68.